The minimum atomic E-state index is -5.08. The molecule has 0 saturated heterocycles. The molecule has 16 heteroatoms. The molecule has 0 aliphatic rings. The highest BCUT2D eigenvalue weighted by molar-refractivity contribution is 7.21. The maximum atomic E-state index is 14.4. The lowest BCUT2D eigenvalue weighted by atomic mass is 10.1. The van der Waals surface area contributed by atoms with Crippen molar-refractivity contribution in [2.75, 3.05) is 17.2 Å². The third-order valence-corrected chi connectivity index (χ3v) is 6.62. The molecule has 0 saturated carbocycles. The van der Waals surface area contributed by atoms with Crippen LogP contribution in [0, 0.1) is 11.6 Å². The Morgan fingerprint density at radius 1 is 0.925 bits per heavy atom. The van der Waals surface area contributed by atoms with Crippen molar-refractivity contribution in [3.63, 3.8) is 0 Å². The van der Waals surface area contributed by atoms with E-state index in [1.54, 1.807) is 0 Å². The van der Waals surface area contributed by atoms with Gasteiger partial charge in [-0.25, -0.2) is 8.78 Å². The van der Waals surface area contributed by atoms with Crippen LogP contribution in [0.3, 0.4) is 0 Å². The van der Waals surface area contributed by atoms with Gasteiger partial charge >= 0.3 is 12.4 Å². The van der Waals surface area contributed by atoms with Crippen LogP contribution in [0.5, 0.6) is 0 Å². The first kappa shape index (κ1) is 28.9. The van der Waals surface area contributed by atoms with E-state index >= 15 is 0 Å². The molecule has 2 aromatic carbocycles. The van der Waals surface area contributed by atoms with Gasteiger partial charge in [0.2, 0.25) is 0 Å². The molecule has 0 radical (unpaired) electrons. The number of aromatic nitrogens is 2. The number of benzene rings is 2. The highest BCUT2D eigenvalue weighted by Gasteiger charge is 2.35. The monoisotopic (exact) mass is 592 g/mol. The van der Waals surface area contributed by atoms with E-state index in [9.17, 15) is 44.7 Å². The third-order valence-electron chi connectivity index (χ3n) is 5.47. The third kappa shape index (κ3) is 6.07. The number of alkyl halides is 6. The molecule has 0 spiro atoms. The number of carbonyl (C=O) groups excluding carboxylic acids is 2. The van der Waals surface area contributed by atoms with Crippen molar-refractivity contribution in [2.24, 2.45) is 0 Å². The van der Waals surface area contributed by atoms with Gasteiger partial charge in [0, 0.05) is 28.9 Å². The van der Waals surface area contributed by atoms with Gasteiger partial charge in [0.1, 0.15) is 10.7 Å². The number of halogens is 8. The molecule has 0 bridgehead atoms. The highest BCUT2D eigenvalue weighted by atomic mass is 32.1. The summed E-state index contributed by atoms with van der Waals surface area (Å²) in [7, 11) is 0. The van der Waals surface area contributed by atoms with Crippen LogP contribution in [-0.2, 0) is 18.9 Å². The Morgan fingerprint density at radius 3 is 2.30 bits per heavy atom. The summed E-state index contributed by atoms with van der Waals surface area (Å²) in [6.45, 7) is -0.172. The second-order valence-corrected chi connectivity index (χ2v) is 9.33. The molecular weight excluding hydrogens is 576 g/mol. The van der Waals surface area contributed by atoms with Crippen LogP contribution < -0.4 is 10.6 Å². The zero-order chi connectivity index (χ0) is 29.4. The second-order valence-electron chi connectivity index (χ2n) is 8.28. The number of carbonyl (C=O) groups is 2. The molecule has 3 N–H and O–H groups in total. The van der Waals surface area contributed by atoms with E-state index in [1.165, 1.54) is 0 Å². The highest BCUT2D eigenvalue weighted by Crippen LogP contribution is 2.40. The summed E-state index contributed by atoms with van der Waals surface area (Å²) in [5, 5.41) is 17.0. The maximum Gasteiger partial charge on any atom is 0.419 e. The largest absolute Gasteiger partial charge is 0.419 e. The van der Waals surface area contributed by atoms with Gasteiger partial charge in [0.25, 0.3) is 11.8 Å². The molecule has 40 heavy (non-hydrogen) atoms. The number of aryl methyl sites for hydroxylation is 1. The van der Waals surface area contributed by atoms with Crippen molar-refractivity contribution >= 4 is 44.6 Å². The van der Waals surface area contributed by atoms with E-state index in [2.05, 4.69) is 15.7 Å². The van der Waals surface area contributed by atoms with Gasteiger partial charge in [-0.1, -0.05) is 6.07 Å². The van der Waals surface area contributed by atoms with Gasteiger partial charge in [0.15, 0.2) is 11.5 Å². The van der Waals surface area contributed by atoms with Crippen molar-refractivity contribution in [1.82, 2.24) is 9.78 Å². The smallest absolute Gasteiger partial charge is 0.396 e. The lowest BCUT2D eigenvalue weighted by Gasteiger charge is -2.11. The molecular formula is C24H16F8N4O3S. The van der Waals surface area contributed by atoms with Crippen LogP contribution in [-0.4, -0.2) is 33.3 Å². The van der Waals surface area contributed by atoms with Gasteiger partial charge in [-0.15, -0.1) is 11.3 Å². The molecule has 212 valence electrons. The van der Waals surface area contributed by atoms with Crippen LogP contribution in [0.2, 0.25) is 0 Å². The summed E-state index contributed by atoms with van der Waals surface area (Å²) in [5.74, 6) is -4.97. The lowest BCUT2D eigenvalue weighted by molar-refractivity contribution is -0.140. The number of aliphatic hydroxyl groups excluding tert-OH is 1. The van der Waals surface area contributed by atoms with E-state index in [4.69, 9.17) is 5.11 Å². The van der Waals surface area contributed by atoms with E-state index in [0.29, 0.717) is 35.6 Å². The van der Waals surface area contributed by atoms with Crippen molar-refractivity contribution in [2.45, 2.75) is 25.3 Å². The van der Waals surface area contributed by atoms with Crippen LogP contribution in [0.1, 0.15) is 37.7 Å². The Balaban J connectivity index is 1.74. The Morgan fingerprint density at radius 2 is 1.65 bits per heavy atom. The first-order valence-electron chi connectivity index (χ1n) is 11.2. The fraction of sp³-hybridized carbons (Fsp3) is 0.208. The van der Waals surface area contributed by atoms with E-state index in [1.807, 2.05) is 0 Å². The average molecular weight is 592 g/mol. The normalized spacial score (nSPS) is 12.1. The summed E-state index contributed by atoms with van der Waals surface area (Å²) >= 11 is 0.482. The van der Waals surface area contributed by atoms with Gasteiger partial charge in [-0.3, -0.25) is 14.3 Å². The number of rotatable bonds is 7. The van der Waals surface area contributed by atoms with Crippen LogP contribution >= 0.6 is 11.3 Å². The average Bonchev–Trinajstić information content (AvgIpc) is 3.42. The van der Waals surface area contributed by atoms with Gasteiger partial charge in [-0.2, -0.15) is 31.4 Å². The number of hydrogen-bond acceptors (Lipinski definition) is 5. The number of fused-ring (bicyclic) bond motifs is 1. The number of nitrogens with one attached hydrogen (secondary N) is 2. The summed E-state index contributed by atoms with van der Waals surface area (Å²) in [5.41, 5.74) is -4.30. The Labute approximate surface area is 223 Å². The van der Waals surface area contributed by atoms with Crippen LogP contribution in [0.15, 0.2) is 42.6 Å². The van der Waals surface area contributed by atoms with Crippen molar-refractivity contribution in [3.05, 3.63) is 75.9 Å². The topological polar surface area (TPSA) is 96.3 Å². The van der Waals surface area contributed by atoms with E-state index in [0.717, 1.165) is 23.0 Å². The minimum absolute atomic E-state index is 0.0493. The lowest BCUT2D eigenvalue weighted by Crippen LogP contribution is -2.18. The Kier molecular flexibility index (Phi) is 7.85. The zero-order valence-corrected chi connectivity index (χ0v) is 20.6. The maximum absolute atomic E-state index is 14.4. The summed E-state index contributed by atoms with van der Waals surface area (Å²) in [4.78, 5) is 25.5. The summed E-state index contributed by atoms with van der Waals surface area (Å²) in [6, 6.07) is 4.00. The number of amides is 2. The molecule has 7 nitrogen and oxygen atoms in total. The Bertz CT molecular complexity index is 1590. The molecule has 2 aromatic heterocycles. The second kappa shape index (κ2) is 10.8. The molecule has 2 heterocycles. The van der Waals surface area contributed by atoms with Crippen molar-refractivity contribution < 1.29 is 49.8 Å². The predicted molar refractivity (Wildman–Crippen MR) is 128 cm³/mol. The fourth-order valence-electron chi connectivity index (χ4n) is 3.64. The first-order chi connectivity index (χ1) is 18.7. The summed E-state index contributed by atoms with van der Waals surface area (Å²) < 4.78 is 108. The van der Waals surface area contributed by atoms with Gasteiger partial charge < -0.3 is 15.7 Å². The molecule has 2 amide bonds. The molecule has 4 aromatic rings. The van der Waals surface area contributed by atoms with Crippen LogP contribution in [0.25, 0.3) is 10.1 Å². The van der Waals surface area contributed by atoms with E-state index in [-0.39, 0.29) is 35.3 Å². The predicted octanol–water partition coefficient (Wildman–Crippen LogP) is 6.30. The number of thiophene rings is 1. The van der Waals surface area contributed by atoms with Crippen molar-refractivity contribution in [1.29, 1.82) is 0 Å². The molecule has 4 rings (SSSR count). The summed E-state index contributed by atoms with van der Waals surface area (Å²) in [6.07, 6.45) is -8.76. The number of hydrogen-bond donors (Lipinski definition) is 3. The van der Waals surface area contributed by atoms with Crippen LogP contribution in [0.4, 0.5) is 46.5 Å². The van der Waals surface area contributed by atoms with E-state index < -0.39 is 63.2 Å². The standard InChI is InChI=1S/C24H16F8N4O3S/c25-15-5-3-12(9-14(15)24(30,31)32)33-22(39)20-18(13-4-2-11(23(27,28)29)8-17(13)40-20)34-21(38)19-16(26)10-36(35-19)6-1-7-37/h2-5,8-10,37H,1,6-7H2,(H,33,39)(H,34,38). The number of nitrogens with zero attached hydrogens (tertiary/aromatic N) is 2. The quantitative estimate of drug-likeness (QED) is 0.220. The van der Waals surface area contributed by atoms with Gasteiger partial charge in [-0.05, 0) is 36.8 Å². The van der Waals surface area contributed by atoms with Gasteiger partial charge in [0.05, 0.1) is 23.0 Å². The molecule has 0 unspecified atom stereocenters. The molecule has 0 aliphatic carbocycles. The SMILES string of the molecule is O=C(Nc1c(C(=O)Nc2ccc(F)c(C(F)(F)F)c2)sc2cc(C(F)(F)F)ccc12)c1nn(CCCO)cc1F. The zero-order valence-electron chi connectivity index (χ0n) is 19.8. The van der Waals surface area contributed by atoms with Crippen molar-refractivity contribution in [3.8, 4) is 0 Å². The minimum Gasteiger partial charge on any atom is -0.396 e. The first-order valence-corrected chi connectivity index (χ1v) is 12.0. The number of aliphatic hydroxyl groups is 1. The molecule has 0 fully saturated rings. The molecule has 0 aliphatic heterocycles. The molecule has 0 atom stereocenters. The fourth-order valence-corrected chi connectivity index (χ4v) is 4.73. The number of anilines is 2. The Hall–Kier alpha value is -4.05.